The van der Waals surface area contributed by atoms with Crippen molar-refractivity contribution in [3.63, 3.8) is 0 Å². The van der Waals surface area contributed by atoms with Crippen LogP contribution in [0.25, 0.3) is 10.9 Å². The molecule has 0 aliphatic rings. The summed E-state index contributed by atoms with van der Waals surface area (Å²) in [6.45, 7) is 4.22. The predicted octanol–water partition coefficient (Wildman–Crippen LogP) is 2.84. The fourth-order valence-electron chi connectivity index (χ4n) is 3.17. The number of nitrogen functional groups attached to an aromatic ring is 1. The van der Waals surface area contributed by atoms with Gasteiger partial charge in [0, 0.05) is 37.7 Å². The van der Waals surface area contributed by atoms with Crippen LogP contribution in [0.15, 0.2) is 29.7 Å². The van der Waals surface area contributed by atoms with Crippen LogP contribution in [-0.2, 0) is 6.54 Å². The number of pyridine rings is 1. The minimum absolute atomic E-state index is 0.231. The standard InChI is InChI=1S/C19H21F2N5O3/c1-10(2)26-8-11(19(28)29)18(27)12-15(22)13(20)16(14(21)17(12)26)24-4-3-6-25-7-5-23-9-25/h5,7-10,24H,3-4,6,22H2,1-2H3,(H,28,29). The Labute approximate surface area is 164 Å². The second kappa shape index (κ2) is 7.90. The summed E-state index contributed by atoms with van der Waals surface area (Å²) < 4.78 is 33.2. The van der Waals surface area contributed by atoms with Crippen molar-refractivity contribution in [3.05, 3.63) is 52.3 Å². The topological polar surface area (TPSA) is 115 Å². The zero-order chi connectivity index (χ0) is 21.3. The van der Waals surface area contributed by atoms with Gasteiger partial charge >= 0.3 is 5.97 Å². The summed E-state index contributed by atoms with van der Waals surface area (Å²) in [5.41, 5.74) is 2.93. The van der Waals surface area contributed by atoms with E-state index in [4.69, 9.17) is 5.73 Å². The first-order valence-electron chi connectivity index (χ1n) is 9.02. The summed E-state index contributed by atoms with van der Waals surface area (Å²) in [5.74, 6) is -3.60. The summed E-state index contributed by atoms with van der Waals surface area (Å²) in [5, 5.41) is 11.5. The van der Waals surface area contributed by atoms with E-state index in [2.05, 4.69) is 10.3 Å². The Bertz CT molecular complexity index is 1120. The fourth-order valence-corrected chi connectivity index (χ4v) is 3.17. The van der Waals surface area contributed by atoms with E-state index in [1.807, 2.05) is 4.57 Å². The molecule has 0 unspecified atom stereocenters. The highest BCUT2D eigenvalue weighted by molar-refractivity contribution is 5.99. The van der Waals surface area contributed by atoms with Gasteiger partial charge in [-0.15, -0.1) is 0 Å². The third kappa shape index (κ3) is 3.65. The average Bonchev–Trinajstić information content (AvgIpc) is 3.18. The highest BCUT2D eigenvalue weighted by Crippen LogP contribution is 2.33. The summed E-state index contributed by atoms with van der Waals surface area (Å²) in [4.78, 5) is 27.9. The number of anilines is 2. The quantitative estimate of drug-likeness (QED) is 0.411. The maximum atomic E-state index is 15.3. The van der Waals surface area contributed by atoms with Gasteiger partial charge in [-0.2, -0.15) is 0 Å². The molecule has 8 nitrogen and oxygen atoms in total. The zero-order valence-electron chi connectivity index (χ0n) is 15.9. The number of hydrogen-bond donors (Lipinski definition) is 3. The molecule has 3 rings (SSSR count). The summed E-state index contributed by atoms with van der Waals surface area (Å²) in [6.07, 6.45) is 6.66. The minimum atomic E-state index is -1.49. The van der Waals surface area contributed by atoms with E-state index in [-0.39, 0.29) is 12.1 Å². The van der Waals surface area contributed by atoms with Crippen molar-refractivity contribution in [3.8, 4) is 0 Å². The molecule has 2 aromatic heterocycles. The second-order valence-electron chi connectivity index (χ2n) is 6.90. The van der Waals surface area contributed by atoms with Crippen molar-refractivity contribution in [2.24, 2.45) is 0 Å². The minimum Gasteiger partial charge on any atom is -0.477 e. The predicted molar refractivity (Wildman–Crippen MR) is 105 cm³/mol. The van der Waals surface area contributed by atoms with Crippen molar-refractivity contribution in [2.45, 2.75) is 32.9 Å². The monoisotopic (exact) mass is 405 g/mol. The molecule has 0 spiro atoms. The van der Waals surface area contributed by atoms with Gasteiger partial charge in [-0.05, 0) is 20.3 Å². The number of nitrogens with two attached hydrogens (primary N) is 1. The number of nitrogens with zero attached hydrogens (tertiary/aromatic N) is 3. The fraction of sp³-hybridized carbons (Fsp3) is 0.316. The first-order chi connectivity index (χ1) is 13.7. The summed E-state index contributed by atoms with van der Waals surface area (Å²) in [7, 11) is 0. The van der Waals surface area contributed by atoms with Crippen molar-refractivity contribution in [1.29, 1.82) is 0 Å². The van der Waals surface area contributed by atoms with Gasteiger partial charge in [0.2, 0.25) is 5.43 Å². The number of rotatable bonds is 7. The number of aryl methyl sites for hydroxylation is 1. The molecule has 0 aliphatic heterocycles. The number of carboxylic acid groups (broad SMARTS) is 1. The lowest BCUT2D eigenvalue weighted by atomic mass is 10.1. The largest absolute Gasteiger partial charge is 0.477 e. The van der Waals surface area contributed by atoms with Crippen LogP contribution >= 0.6 is 0 Å². The van der Waals surface area contributed by atoms with Crippen LogP contribution in [0.5, 0.6) is 0 Å². The number of hydrogen-bond acceptors (Lipinski definition) is 5. The molecule has 3 aromatic rings. The molecule has 10 heteroatoms. The molecule has 0 atom stereocenters. The Kier molecular flexibility index (Phi) is 5.53. The molecule has 0 fully saturated rings. The molecule has 1 aromatic carbocycles. The lowest BCUT2D eigenvalue weighted by Crippen LogP contribution is -2.23. The molecule has 154 valence electrons. The second-order valence-corrected chi connectivity index (χ2v) is 6.90. The SMILES string of the molecule is CC(C)n1cc(C(=O)O)c(=O)c2c(N)c(F)c(NCCCn3ccnc3)c(F)c21. The molecule has 2 heterocycles. The van der Waals surface area contributed by atoms with Gasteiger partial charge in [0.15, 0.2) is 11.6 Å². The highest BCUT2D eigenvalue weighted by Gasteiger charge is 2.26. The van der Waals surface area contributed by atoms with E-state index in [1.165, 1.54) is 4.57 Å². The van der Waals surface area contributed by atoms with Crippen LogP contribution in [0.1, 0.15) is 36.7 Å². The number of aromatic nitrogens is 3. The van der Waals surface area contributed by atoms with Crippen LogP contribution in [0.3, 0.4) is 0 Å². The van der Waals surface area contributed by atoms with Gasteiger partial charge in [-0.1, -0.05) is 0 Å². The maximum Gasteiger partial charge on any atom is 0.341 e. The molecule has 29 heavy (non-hydrogen) atoms. The van der Waals surface area contributed by atoms with Crippen molar-refractivity contribution >= 4 is 28.2 Å². The highest BCUT2D eigenvalue weighted by atomic mass is 19.1. The van der Waals surface area contributed by atoms with Gasteiger partial charge in [0.25, 0.3) is 0 Å². The van der Waals surface area contributed by atoms with E-state index in [1.54, 1.807) is 32.6 Å². The summed E-state index contributed by atoms with van der Waals surface area (Å²) >= 11 is 0. The van der Waals surface area contributed by atoms with Crippen LogP contribution in [0.2, 0.25) is 0 Å². The Balaban J connectivity index is 2.08. The van der Waals surface area contributed by atoms with E-state index in [0.717, 1.165) is 6.20 Å². The average molecular weight is 405 g/mol. The van der Waals surface area contributed by atoms with Gasteiger partial charge in [0.1, 0.15) is 11.3 Å². The Morgan fingerprint density at radius 3 is 2.66 bits per heavy atom. The normalized spacial score (nSPS) is 11.3. The molecule has 0 radical (unpaired) electrons. The molecule has 0 bridgehead atoms. The molecular formula is C19H21F2N5O3. The van der Waals surface area contributed by atoms with Gasteiger partial charge in [0.05, 0.1) is 22.9 Å². The smallest absolute Gasteiger partial charge is 0.341 e. The van der Waals surface area contributed by atoms with Crippen LogP contribution in [0.4, 0.5) is 20.2 Å². The first kappa shape index (κ1) is 20.3. The third-order valence-electron chi connectivity index (χ3n) is 4.63. The number of imidazole rings is 1. The van der Waals surface area contributed by atoms with Crippen molar-refractivity contribution in [1.82, 2.24) is 14.1 Å². The van der Waals surface area contributed by atoms with E-state index in [0.29, 0.717) is 13.0 Å². The van der Waals surface area contributed by atoms with E-state index < -0.39 is 51.4 Å². The summed E-state index contributed by atoms with van der Waals surface area (Å²) in [6, 6.07) is -0.398. The van der Waals surface area contributed by atoms with Crippen LogP contribution < -0.4 is 16.5 Å². The van der Waals surface area contributed by atoms with Crippen LogP contribution in [-0.4, -0.2) is 31.7 Å². The van der Waals surface area contributed by atoms with E-state index in [9.17, 15) is 19.1 Å². The number of nitrogens with one attached hydrogen (secondary N) is 1. The third-order valence-corrected chi connectivity index (χ3v) is 4.63. The van der Waals surface area contributed by atoms with Crippen molar-refractivity contribution < 1.29 is 18.7 Å². The molecule has 0 aliphatic carbocycles. The van der Waals surface area contributed by atoms with Gasteiger partial charge in [-0.25, -0.2) is 18.6 Å². The van der Waals surface area contributed by atoms with E-state index >= 15 is 4.39 Å². The Hall–Kier alpha value is -3.43. The maximum absolute atomic E-state index is 15.3. The van der Waals surface area contributed by atoms with Crippen LogP contribution in [0, 0.1) is 11.6 Å². The number of halogens is 2. The molecule has 4 N–H and O–H groups in total. The molecule has 0 amide bonds. The van der Waals surface area contributed by atoms with Gasteiger partial charge < -0.3 is 25.3 Å². The Morgan fingerprint density at radius 2 is 2.07 bits per heavy atom. The number of fused-ring (bicyclic) bond motifs is 1. The number of carboxylic acids is 1. The molecule has 0 saturated carbocycles. The van der Waals surface area contributed by atoms with Crippen molar-refractivity contribution in [2.75, 3.05) is 17.6 Å². The Morgan fingerprint density at radius 1 is 1.34 bits per heavy atom. The number of aromatic carboxylic acids is 1. The molecule has 0 saturated heterocycles. The van der Waals surface area contributed by atoms with Gasteiger partial charge in [-0.3, -0.25) is 4.79 Å². The lowest BCUT2D eigenvalue weighted by Gasteiger charge is -2.20. The lowest BCUT2D eigenvalue weighted by molar-refractivity contribution is 0.0694. The zero-order valence-corrected chi connectivity index (χ0v) is 15.9. The number of benzene rings is 1. The molecular weight excluding hydrogens is 384 g/mol. The number of carbonyl (C=O) groups is 1. The first-order valence-corrected chi connectivity index (χ1v) is 9.02.